The summed E-state index contributed by atoms with van der Waals surface area (Å²) in [7, 11) is 1.92. The number of nitrogens with one attached hydrogen (secondary N) is 3. The fourth-order valence-corrected chi connectivity index (χ4v) is 3.62. The van der Waals surface area contributed by atoms with Gasteiger partial charge in [-0.1, -0.05) is 58.4 Å². The lowest BCUT2D eigenvalue weighted by Crippen LogP contribution is -2.12. The quantitative estimate of drug-likeness (QED) is 0.426. The lowest BCUT2D eigenvalue weighted by molar-refractivity contribution is 0.821. The molecule has 4 nitrogen and oxygen atoms in total. The Kier molecular flexibility index (Phi) is 8.91. The van der Waals surface area contributed by atoms with Crippen LogP contribution in [0, 0.1) is 5.41 Å². The Balaban J connectivity index is 2.35. The third kappa shape index (κ3) is 5.69. The maximum Gasteiger partial charge on any atom is 0.130 e. The van der Waals surface area contributed by atoms with E-state index < -0.39 is 0 Å². The van der Waals surface area contributed by atoms with Gasteiger partial charge in [-0.05, 0) is 54.0 Å². The minimum absolute atomic E-state index is 0.758. The molecule has 0 amide bonds. The SMILES string of the molecule is CCC/C(NC)=C(/C=N)c1ccc(CC)c(NCc2ccc(CC)cc2CC)n1. The van der Waals surface area contributed by atoms with Gasteiger partial charge in [-0.2, -0.15) is 0 Å². The molecule has 0 spiro atoms. The standard InChI is InChI=1S/C25H36N4/c1-6-10-23(27-5)22(16-26)24-14-13-19(8-3)25(29-24)28-17-21-12-11-18(7-2)15-20(21)9-4/h11-16,26-27H,6-10,17H2,1-5H3,(H,28,29)/b23-22+,26-16?. The van der Waals surface area contributed by atoms with Gasteiger partial charge in [-0.3, -0.25) is 0 Å². The van der Waals surface area contributed by atoms with Gasteiger partial charge in [-0.15, -0.1) is 0 Å². The number of benzene rings is 1. The molecule has 0 atom stereocenters. The summed E-state index contributed by atoms with van der Waals surface area (Å²) in [5.74, 6) is 0.915. The second-order valence-corrected chi connectivity index (χ2v) is 7.26. The summed E-state index contributed by atoms with van der Waals surface area (Å²) < 4.78 is 0. The lowest BCUT2D eigenvalue weighted by Gasteiger charge is -2.16. The van der Waals surface area contributed by atoms with Crippen molar-refractivity contribution in [2.75, 3.05) is 12.4 Å². The molecule has 4 heteroatoms. The molecule has 0 saturated carbocycles. The number of pyridine rings is 1. The maximum absolute atomic E-state index is 7.92. The van der Waals surface area contributed by atoms with Crippen LogP contribution >= 0.6 is 0 Å². The minimum Gasteiger partial charge on any atom is -0.391 e. The zero-order valence-corrected chi connectivity index (χ0v) is 18.7. The fraction of sp³-hybridized carbons (Fsp3) is 0.440. The predicted molar refractivity (Wildman–Crippen MR) is 126 cm³/mol. The molecule has 0 bridgehead atoms. The first-order valence-electron chi connectivity index (χ1n) is 10.9. The zero-order valence-electron chi connectivity index (χ0n) is 18.7. The van der Waals surface area contributed by atoms with Crippen LogP contribution in [-0.4, -0.2) is 18.2 Å². The van der Waals surface area contributed by atoms with Gasteiger partial charge in [-0.25, -0.2) is 4.98 Å². The number of hydrogen-bond acceptors (Lipinski definition) is 4. The summed E-state index contributed by atoms with van der Waals surface area (Å²) in [6.07, 6.45) is 6.36. The predicted octanol–water partition coefficient (Wildman–Crippen LogP) is 5.76. The summed E-state index contributed by atoms with van der Waals surface area (Å²) in [6.45, 7) is 9.46. The Hall–Kier alpha value is -2.62. The van der Waals surface area contributed by atoms with Crippen LogP contribution in [0.3, 0.4) is 0 Å². The van der Waals surface area contributed by atoms with Crippen LogP contribution in [0.15, 0.2) is 36.0 Å². The van der Waals surface area contributed by atoms with Crippen LogP contribution in [0.4, 0.5) is 5.82 Å². The molecule has 0 unspecified atom stereocenters. The molecule has 0 fully saturated rings. The molecule has 0 aliphatic carbocycles. The molecular formula is C25H36N4. The van der Waals surface area contributed by atoms with E-state index in [0.717, 1.165) is 61.4 Å². The van der Waals surface area contributed by atoms with Crippen molar-refractivity contribution in [2.24, 2.45) is 0 Å². The first kappa shape index (κ1) is 22.7. The second kappa shape index (κ2) is 11.4. The summed E-state index contributed by atoms with van der Waals surface area (Å²) in [5, 5.41) is 14.7. The van der Waals surface area contributed by atoms with Crippen molar-refractivity contribution in [2.45, 2.75) is 66.3 Å². The number of hydrogen-bond donors (Lipinski definition) is 3. The van der Waals surface area contributed by atoms with Crippen LogP contribution in [0.5, 0.6) is 0 Å². The van der Waals surface area contributed by atoms with Crippen LogP contribution in [0.1, 0.15) is 68.5 Å². The molecule has 0 aliphatic heterocycles. The van der Waals surface area contributed by atoms with Gasteiger partial charge in [0, 0.05) is 31.1 Å². The maximum atomic E-state index is 7.92. The first-order valence-corrected chi connectivity index (χ1v) is 10.9. The van der Waals surface area contributed by atoms with E-state index in [4.69, 9.17) is 10.4 Å². The summed E-state index contributed by atoms with van der Waals surface area (Å²) in [5.41, 5.74) is 8.07. The Morgan fingerprint density at radius 3 is 2.28 bits per heavy atom. The summed E-state index contributed by atoms with van der Waals surface area (Å²) in [6, 6.07) is 10.9. The summed E-state index contributed by atoms with van der Waals surface area (Å²) >= 11 is 0. The molecular weight excluding hydrogens is 356 g/mol. The number of aromatic nitrogens is 1. The largest absolute Gasteiger partial charge is 0.391 e. The number of rotatable bonds is 11. The number of allylic oxidation sites excluding steroid dienone is 2. The Morgan fingerprint density at radius 2 is 1.69 bits per heavy atom. The highest BCUT2D eigenvalue weighted by atomic mass is 15.0. The van der Waals surface area contributed by atoms with E-state index in [1.54, 1.807) is 0 Å². The minimum atomic E-state index is 0.758. The van der Waals surface area contributed by atoms with Crippen molar-refractivity contribution >= 4 is 17.6 Å². The van der Waals surface area contributed by atoms with Crippen molar-refractivity contribution in [1.29, 1.82) is 5.41 Å². The third-order valence-corrected chi connectivity index (χ3v) is 5.41. The Labute approximate surface area is 176 Å². The van der Waals surface area contributed by atoms with E-state index >= 15 is 0 Å². The molecule has 1 aromatic heterocycles. The molecule has 3 N–H and O–H groups in total. The van der Waals surface area contributed by atoms with Crippen LogP contribution in [-0.2, 0) is 25.8 Å². The van der Waals surface area contributed by atoms with Gasteiger partial charge in [0.1, 0.15) is 5.82 Å². The van der Waals surface area contributed by atoms with Crippen molar-refractivity contribution < 1.29 is 0 Å². The van der Waals surface area contributed by atoms with Gasteiger partial charge < -0.3 is 16.0 Å². The molecule has 2 aromatic rings. The highest BCUT2D eigenvalue weighted by Crippen LogP contribution is 2.23. The average Bonchev–Trinajstić information content (AvgIpc) is 2.77. The first-order chi connectivity index (χ1) is 14.1. The molecule has 156 valence electrons. The van der Waals surface area contributed by atoms with Gasteiger partial charge in [0.05, 0.1) is 5.69 Å². The molecule has 0 radical (unpaired) electrons. The summed E-state index contributed by atoms with van der Waals surface area (Å²) in [4.78, 5) is 4.91. The van der Waals surface area contributed by atoms with Gasteiger partial charge in [0.15, 0.2) is 0 Å². The van der Waals surface area contributed by atoms with E-state index in [9.17, 15) is 0 Å². The van der Waals surface area contributed by atoms with Crippen LogP contribution in [0.2, 0.25) is 0 Å². The number of nitrogens with zero attached hydrogens (tertiary/aromatic N) is 1. The average molecular weight is 393 g/mol. The number of anilines is 1. The van der Waals surface area contributed by atoms with Crippen molar-refractivity contribution in [3.63, 3.8) is 0 Å². The van der Waals surface area contributed by atoms with E-state index in [1.165, 1.54) is 28.5 Å². The third-order valence-electron chi connectivity index (χ3n) is 5.41. The molecule has 0 saturated heterocycles. The van der Waals surface area contributed by atoms with Crippen LogP contribution in [0.25, 0.3) is 5.57 Å². The van der Waals surface area contributed by atoms with Gasteiger partial charge in [0.2, 0.25) is 0 Å². The molecule has 1 heterocycles. The zero-order chi connectivity index (χ0) is 21.2. The fourth-order valence-electron chi connectivity index (χ4n) is 3.62. The lowest BCUT2D eigenvalue weighted by atomic mass is 10.0. The monoisotopic (exact) mass is 392 g/mol. The van der Waals surface area contributed by atoms with Crippen molar-refractivity contribution in [3.05, 3.63) is 64.0 Å². The van der Waals surface area contributed by atoms with E-state index in [2.05, 4.69) is 62.6 Å². The van der Waals surface area contributed by atoms with Crippen molar-refractivity contribution in [3.8, 4) is 0 Å². The Morgan fingerprint density at radius 1 is 0.966 bits per heavy atom. The normalized spacial score (nSPS) is 11.8. The molecule has 2 rings (SSSR count). The topological polar surface area (TPSA) is 60.8 Å². The Bertz CT molecular complexity index is 852. The van der Waals surface area contributed by atoms with E-state index in [-0.39, 0.29) is 0 Å². The molecule has 29 heavy (non-hydrogen) atoms. The smallest absolute Gasteiger partial charge is 0.130 e. The highest BCUT2D eigenvalue weighted by molar-refractivity contribution is 6.08. The van der Waals surface area contributed by atoms with Gasteiger partial charge in [0.25, 0.3) is 0 Å². The molecule has 0 aliphatic rings. The second-order valence-electron chi connectivity index (χ2n) is 7.26. The highest BCUT2D eigenvalue weighted by Gasteiger charge is 2.11. The molecule has 1 aromatic carbocycles. The number of aryl methyl sites for hydroxylation is 3. The van der Waals surface area contributed by atoms with Crippen LogP contribution < -0.4 is 10.6 Å². The van der Waals surface area contributed by atoms with E-state index in [0.29, 0.717) is 0 Å². The van der Waals surface area contributed by atoms with Gasteiger partial charge >= 0.3 is 0 Å². The van der Waals surface area contributed by atoms with E-state index in [1.807, 2.05) is 13.1 Å². The van der Waals surface area contributed by atoms with Crippen molar-refractivity contribution in [1.82, 2.24) is 10.3 Å².